The molecule has 2 aliphatic rings. The van der Waals surface area contributed by atoms with Gasteiger partial charge in [0.2, 0.25) is 0 Å². The number of hydrogen-bond donors (Lipinski definition) is 0. The fourth-order valence-electron chi connectivity index (χ4n) is 5.69. The van der Waals surface area contributed by atoms with Crippen molar-refractivity contribution in [1.29, 1.82) is 0 Å². The highest BCUT2D eigenvalue weighted by Crippen LogP contribution is 2.49. The number of thiophene rings is 2. The molecule has 2 atom stereocenters. The number of fused-ring (bicyclic) bond motifs is 1. The Hall–Kier alpha value is -3.06. The molecule has 2 aliphatic heterocycles. The number of nitrogens with zero attached hydrogens (tertiary/aromatic N) is 2. The van der Waals surface area contributed by atoms with Crippen LogP contribution >= 0.6 is 22.7 Å². The second-order valence-corrected chi connectivity index (χ2v) is 12.9. The van der Waals surface area contributed by atoms with Crippen LogP contribution in [0.4, 0.5) is 0 Å². The van der Waals surface area contributed by atoms with Gasteiger partial charge < -0.3 is 9.80 Å². The highest BCUT2D eigenvalue weighted by atomic mass is 32.1. The molecule has 0 saturated heterocycles. The number of unbranched alkanes of at least 4 members (excludes halogenated alkanes) is 2. The first-order valence-corrected chi connectivity index (χ1v) is 16.3. The van der Waals surface area contributed by atoms with Gasteiger partial charge in [0.25, 0.3) is 11.8 Å². The zero-order chi connectivity index (χ0) is 28.8. The average Bonchev–Trinajstić information content (AvgIpc) is 3.74. The Morgan fingerprint density at radius 1 is 0.700 bits per heavy atom. The van der Waals surface area contributed by atoms with Crippen LogP contribution in [0.5, 0.6) is 0 Å². The monoisotopic (exact) mass is 572 g/mol. The lowest BCUT2D eigenvalue weighted by Crippen LogP contribution is -2.34. The maximum atomic E-state index is 14.4. The Morgan fingerprint density at radius 3 is 1.40 bits per heavy atom. The lowest BCUT2D eigenvalue weighted by Gasteiger charge is -2.29. The van der Waals surface area contributed by atoms with Crippen LogP contribution in [-0.2, 0) is 9.59 Å². The van der Waals surface area contributed by atoms with Gasteiger partial charge in [-0.05, 0) is 48.9 Å². The molecule has 2 amide bonds. The van der Waals surface area contributed by atoms with Gasteiger partial charge in [-0.25, -0.2) is 0 Å². The van der Waals surface area contributed by atoms with E-state index in [0.29, 0.717) is 36.1 Å². The summed E-state index contributed by atoms with van der Waals surface area (Å²) in [5, 5.41) is 0. The molecule has 0 radical (unpaired) electrons. The van der Waals surface area contributed by atoms with Crippen molar-refractivity contribution >= 4 is 45.9 Å². The molecule has 40 heavy (non-hydrogen) atoms. The molecule has 0 aliphatic carbocycles. The van der Waals surface area contributed by atoms with Crippen molar-refractivity contribution < 1.29 is 9.59 Å². The number of amides is 2. The Balaban J connectivity index is 1.89. The summed E-state index contributed by atoms with van der Waals surface area (Å²) in [6, 6.07) is 7.74. The summed E-state index contributed by atoms with van der Waals surface area (Å²) in [6.07, 6.45) is 20.0. The third kappa shape index (κ3) is 5.85. The van der Waals surface area contributed by atoms with Crippen LogP contribution < -0.4 is 0 Å². The van der Waals surface area contributed by atoms with Crippen molar-refractivity contribution in [3.8, 4) is 24.7 Å². The van der Waals surface area contributed by atoms with Gasteiger partial charge in [0.1, 0.15) is 0 Å². The van der Waals surface area contributed by atoms with E-state index in [1.54, 1.807) is 0 Å². The molecule has 0 spiro atoms. The predicted octanol–water partition coefficient (Wildman–Crippen LogP) is 8.01. The Kier molecular flexibility index (Phi) is 10.1. The van der Waals surface area contributed by atoms with Crippen molar-refractivity contribution in [3.63, 3.8) is 0 Å². The zero-order valence-electron chi connectivity index (χ0n) is 24.2. The van der Waals surface area contributed by atoms with Crippen LogP contribution in [0.2, 0.25) is 0 Å². The fraction of sp³-hybridized carbons (Fsp3) is 0.471. The molecular weight excluding hydrogens is 533 g/mol. The van der Waals surface area contributed by atoms with E-state index in [2.05, 4.69) is 39.5 Å². The first-order valence-electron chi connectivity index (χ1n) is 14.7. The molecule has 4 nitrogen and oxygen atoms in total. The second-order valence-electron chi connectivity index (χ2n) is 10.7. The second kappa shape index (κ2) is 13.5. The van der Waals surface area contributed by atoms with Crippen LogP contribution in [0.15, 0.2) is 35.4 Å². The van der Waals surface area contributed by atoms with Crippen molar-refractivity contribution in [3.05, 3.63) is 54.9 Å². The molecule has 4 rings (SSSR count). The topological polar surface area (TPSA) is 40.6 Å². The Labute approximate surface area is 248 Å². The predicted molar refractivity (Wildman–Crippen MR) is 168 cm³/mol. The van der Waals surface area contributed by atoms with Crippen LogP contribution in [-0.4, -0.2) is 34.7 Å². The van der Waals surface area contributed by atoms with Gasteiger partial charge in [-0.2, -0.15) is 0 Å². The molecule has 0 saturated carbocycles. The maximum Gasteiger partial charge on any atom is 0.261 e. The van der Waals surface area contributed by atoms with E-state index in [-0.39, 0.29) is 11.8 Å². The van der Waals surface area contributed by atoms with Gasteiger partial charge in [-0.1, -0.05) is 78.1 Å². The molecule has 210 valence electrons. The lowest BCUT2D eigenvalue weighted by molar-refractivity contribution is -0.124. The summed E-state index contributed by atoms with van der Waals surface area (Å²) >= 11 is 2.94. The third-order valence-corrected chi connectivity index (χ3v) is 10.2. The van der Waals surface area contributed by atoms with Gasteiger partial charge in [-0.15, -0.1) is 35.5 Å². The van der Waals surface area contributed by atoms with E-state index in [4.69, 9.17) is 12.8 Å². The fourth-order valence-corrected chi connectivity index (χ4v) is 7.45. The highest BCUT2D eigenvalue weighted by molar-refractivity contribution is 7.14. The molecule has 0 aromatic carbocycles. The zero-order valence-corrected chi connectivity index (χ0v) is 25.9. The minimum atomic E-state index is -0.0845. The van der Waals surface area contributed by atoms with E-state index in [9.17, 15) is 9.59 Å². The summed E-state index contributed by atoms with van der Waals surface area (Å²) < 4.78 is 0. The summed E-state index contributed by atoms with van der Waals surface area (Å²) in [7, 11) is 0. The van der Waals surface area contributed by atoms with Crippen molar-refractivity contribution in [2.45, 2.75) is 79.1 Å². The average molecular weight is 573 g/mol. The van der Waals surface area contributed by atoms with E-state index >= 15 is 0 Å². The highest BCUT2D eigenvalue weighted by Gasteiger charge is 2.50. The standard InChI is InChI=1S/C34H40N2O2S2/c1-7-13-15-23(9-3)21-35-31(27-19-17-25(11-5)39-27)29-30(33(35)37)32(28-20-18-26(12-6)40-28)36(34(29)38)22-24(10-4)16-14-8-2/h5-6,17-20,23-24H,7-10,13-16,21-22H2,1-4H3. The molecule has 6 heteroatoms. The number of rotatable bonds is 14. The minimum absolute atomic E-state index is 0.0845. The van der Waals surface area contributed by atoms with Gasteiger partial charge in [0.15, 0.2) is 0 Å². The van der Waals surface area contributed by atoms with Gasteiger partial charge in [0, 0.05) is 13.1 Å². The van der Waals surface area contributed by atoms with Gasteiger partial charge in [-0.3, -0.25) is 9.59 Å². The smallest absolute Gasteiger partial charge is 0.261 e. The van der Waals surface area contributed by atoms with Gasteiger partial charge in [0.05, 0.1) is 42.0 Å². The van der Waals surface area contributed by atoms with Crippen LogP contribution in [0.1, 0.15) is 98.6 Å². The molecule has 2 unspecified atom stereocenters. The number of carbonyl (C=O) groups excluding carboxylic acids is 2. The molecule has 0 N–H and O–H groups in total. The summed E-state index contributed by atoms with van der Waals surface area (Å²) in [6.45, 7) is 9.94. The SMILES string of the molecule is C#Cc1ccc(C2=C3C(=O)N(CC(CC)CCCC)C(c4ccc(C#C)s4)=C3C(=O)N2CC(CC)CCCC)s1. The quantitative estimate of drug-likeness (QED) is 0.215. The van der Waals surface area contributed by atoms with Crippen molar-refractivity contribution in [1.82, 2.24) is 9.80 Å². The molecule has 0 fully saturated rings. The van der Waals surface area contributed by atoms with E-state index < -0.39 is 0 Å². The van der Waals surface area contributed by atoms with E-state index in [1.807, 2.05) is 34.1 Å². The normalized spacial score (nSPS) is 16.6. The lowest BCUT2D eigenvalue weighted by atomic mass is 9.98. The first kappa shape index (κ1) is 29.9. The largest absolute Gasteiger partial charge is 0.306 e. The molecule has 4 heterocycles. The number of terminal acetylenes is 2. The summed E-state index contributed by atoms with van der Waals surface area (Å²) in [4.78, 5) is 35.9. The molecule has 2 aromatic heterocycles. The molecular formula is C34H40N2O2S2. The summed E-state index contributed by atoms with van der Waals surface area (Å²) in [5.41, 5.74) is 2.50. The maximum absolute atomic E-state index is 14.4. The minimum Gasteiger partial charge on any atom is -0.306 e. The summed E-state index contributed by atoms with van der Waals surface area (Å²) in [5.74, 6) is 5.98. The Bertz CT molecular complexity index is 1290. The van der Waals surface area contributed by atoms with Crippen molar-refractivity contribution in [2.24, 2.45) is 11.8 Å². The first-order chi connectivity index (χ1) is 19.4. The molecule has 2 aromatic rings. The van der Waals surface area contributed by atoms with Gasteiger partial charge >= 0.3 is 0 Å². The van der Waals surface area contributed by atoms with E-state index in [1.165, 1.54) is 22.7 Å². The third-order valence-electron chi connectivity index (χ3n) is 8.11. The van der Waals surface area contributed by atoms with Crippen LogP contribution in [0, 0.1) is 36.5 Å². The number of carbonyl (C=O) groups is 2. The van der Waals surface area contributed by atoms with Crippen molar-refractivity contribution in [2.75, 3.05) is 13.1 Å². The Morgan fingerprint density at radius 2 is 1.10 bits per heavy atom. The van der Waals surface area contributed by atoms with Crippen LogP contribution in [0.3, 0.4) is 0 Å². The molecule has 0 bridgehead atoms. The number of hydrogen-bond acceptors (Lipinski definition) is 4. The van der Waals surface area contributed by atoms with Crippen LogP contribution in [0.25, 0.3) is 11.4 Å². The van der Waals surface area contributed by atoms with E-state index in [0.717, 1.165) is 82.3 Å².